The molecule has 31 heavy (non-hydrogen) atoms. The number of halogens is 3. The van der Waals surface area contributed by atoms with Crippen LogP contribution in [-0.4, -0.2) is 57.7 Å². The van der Waals surface area contributed by atoms with Gasteiger partial charge in [-0.25, -0.2) is 4.79 Å². The van der Waals surface area contributed by atoms with Crippen LogP contribution < -0.4 is 5.32 Å². The van der Waals surface area contributed by atoms with E-state index in [1.807, 2.05) is 0 Å². The summed E-state index contributed by atoms with van der Waals surface area (Å²) in [6.07, 6.45) is -1.62. The third-order valence-electron chi connectivity index (χ3n) is 4.15. The van der Waals surface area contributed by atoms with E-state index in [2.05, 4.69) is 21.2 Å². The number of carboxylic acid groups (broad SMARTS) is 1. The van der Waals surface area contributed by atoms with Crippen LogP contribution in [0.4, 0.5) is 4.79 Å². The van der Waals surface area contributed by atoms with E-state index < -0.39 is 35.4 Å². The zero-order valence-electron chi connectivity index (χ0n) is 15.5. The van der Waals surface area contributed by atoms with E-state index in [4.69, 9.17) is 37.8 Å². The zero-order chi connectivity index (χ0) is 22.9. The molecule has 0 aliphatic carbocycles. The summed E-state index contributed by atoms with van der Waals surface area (Å²) >= 11 is 17.6. The van der Waals surface area contributed by atoms with Crippen molar-refractivity contribution in [3.8, 4) is 0 Å². The average molecular weight is 572 g/mol. The monoisotopic (exact) mass is 570 g/mol. The summed E-state index contributed by atoms with van der Waals surface area (Å²) < 4.78 is 10.2. The lowest BCUT2D eigenvalue weighted by Gasteiger charge is -2.49. The van der Waals surface area contributed by atoms with Crippen LogP contribution in [-0.2, 0) is 23.9 Å². The van der Waals surface area contributed by atoms with Crippen LogP contribution in [0.5, 0.6) is 0 Å². The van der Waals surface area contributed by atoms with Gasteiger partial charge in [0.2, 0.25) is 5.88 Å². The SMILES string of the molecule is CC(=O)OCC1=C(OC(=O)O)N2C(=O)C(NC(=O)C(=C(Cl)Cl)c3ccc(Br)s3)[C@@H]2SC1. The fourth-order valence-electron chi connectivity index (χ4n) is 2.85. The Hall–Kier alpha value is -1.73. The first kappa shape index (κ1) is 23.9. The number of nitrogens with zero attached hydrogens (tertiary/aromatic N) is 1. The first-order chi connectivity index (χ1) is 14.6. The minimum atomic E-state index is -1.62. The molecular formula is C17H13BrCl2N2O7S2. The molecule has 3 rings (SSSR count). The van der Waals surface area contributed by atoms with Crippen LogP contribution in [0.25, 0.3) is 5.57 Å². The number of thiophene rings is 1. The molecule has 2 N–H and O–H groups in total. The molecule has 1 saturated heterocycles. The predicted molar refractivity (Wildman–Crippen MR) is 118 cm³/mol. The maximum absolute atomic E-state index is 12.8. The van der Waals surface area contributed by atoms with E-state index in [9.17, 15) is 19.2 Å². The Morgan fingerprint density at radius 2 is 2.06 bits per heavy atom. The van der Waals surface area contributed by atoms with Gasteiger partial charge < -0.3 is 19.9 Å². The third kappa shape index (κ3) is 5.20. The molecule has 0 bridgehead atoms. The molecule has 2 atom stereocenters. The number of carbonyl (C=O) groups is 4. The van der Waals surface area contributed by atoms with Crippen LogP contribution >= 0.6 is 62.2 Å². The zero-order valence-corrected chi connectivity index (χ0v) is 20.2. The number of nitrogens with one attached hydrogen (secondary N) is 1. The van der Waals surface area contributed by atoms with E-state index in [1.54, 1.807) is 12.1 Å². The number of fused-ring (bicyclic) bond motifs is 1. The van der Waals surface area contributed by atoms with Gasteiger partial charge in [-0.2, -0.15) is 0 Å². The minimum absolute atomic E-state index is 0.0131. The molecule has 0 aromatic carbocycles. The van der Waals surface area contributed by atoms with Crippen molar-refractivity contribution in [3.63, 3.8) is 0 Å². The summed E-state index contributed by atoms with van der Waals surface area (Å²) in [5.41, 5.74) is 0.337. The summed E-state index contributed by atoms with van der Waals surface area (Å²) in [5.74, 6) is -1.79. The van der Waals surface area contributed by atoms with Gasteiger partial charge in [0, 0.05) is 23.1 Å². The number of amides is 2. The normalized spacial score (nSPS) is 19.9. The van der Waals surface area contributed by atoms with Gasteiger partial charge in [-0.1, -0.05) is 23.2 Å². The topological polar surface area (TPSA) is 122 Å². The van der Waals surface area contributed by atoms with Gasteiger partial charge in [-0.15, -0.1) is 23.1 Å². The summed E-state index contributed by atoms with van der Waals surface area (Å²) in [6.45, 7) is 0.983. The van der Waals surface area contributed by atoms with Crippen LogP contribution in [0.3, 0.4) is 0 Å². The predicted octanol–water partition coefficient (Wildman–Crippen LogP) is 3.53. The number of thioether (sulfide) groups is 1. The Balaban J connectivity index is 1.79. The number of hydrogen-bond acceptors (Lipinski definition) is 8. The van der Waals surface area contributed by atoms with Gasteiger partial charge in [-0.3, -0.25) is 19.3 Å². The molecule has 3 heterocycles. The van der Waals surface area contributed by atoms with E-state index in [-0.39, 0.29) is 28.3 Å². The standard InChI is InChI=1S/C17H13BrCl2N2O7S2/c1-6(23)28-4-7-5-30-16-11(14(25)22(16)15(7)29-17(26)27)21-13(24)10(12(19)20)8-2-3-9(18)31-8/h2-3,11,16H,4-5H2,1H3,(H,21,24)(H,26,27)/t11?,16-/m0/s1. The Labute approximate surface area is 202 Å². The number of ether oxygens (including phenoxy) is 2. The molecule has 1 aromatic heterocycles. The van der Waals surface area contributed by atoms with Gasteiger partial charge in [0.05, 0.1) is 9.36 Å². The highest BCUT2D eigenvalue weighted by Gasteiger charge is 2.54. The highest BCUT2D eigenvalue weighted by molar-refractivity contribution is 9.11. The van der Waals surface area contributed by atoms with Crippen molar-refractivity contribution >= 4 is 91.7 Å². The second kappa shape index (κ2) is 9.82. The van der Waals surface area contributed by atoms with E-state index in [0.29, 0.717) is 10.5 Å². The molecule has 1 unspecified atom stereocenters. The first-order valence-electron chi connectivity index (χ1n) is 8.42. The molecular weight excluding hydrogens is 559 g/mol. The summed E-state index contributed by atoms with van der Waals surface area (Å²) in [5, 5.41) is 11.0. The van der Waals surface area contributed by atoms with Gasteiger partial charge >= 0.3 is 12.1 Å². The Morgan fingerprint density at radius 1 is 1.35 bits per heavy atom. The quantitative estimate of drug-likeness (QED) is 0.302. The number of β-lactam (4-membered cyclic amide) rings is 1. The van der Waals surface area contributed by atoms with Crippen molar-refractivity contribution in [1.82, 2.24) is 10.2 Å². The average Bonchev–Trinajstić information content (AvgIpc) is 3.09. The van der Waals surface area contributed by atoms with Gasteiger partial charge in [-0.05, 0) is 28.1 Å². The molecule has 2 amide bonds. The number of hydrogen-bond donors (Lipinski definition) is 2. The maximum atomic E-state index is 12.8. The van der Waals surface area contributed by atoms with Gasteiger partial charge in [0.15, 0.2) is 0 Å². The molecule has 9 nitrogen and oxygen atoms in total. The van der Waals surface area contributed by atoms with E-state index >= 15 is 0 Å². The van der Waals surface area contributed by atoms with Gasteiger partial charge in [0.1, 0.15) is 22.5 Å². The van der Waals surface area contributed by atoms with Crippen molar-refractivity contribution in [3.05, 3.63) is 36.7 Å². The minimum Gasteiger partial charge on any atom is -0.461 e. The highest BCUT2D eigenvalue weighted by Crippen LogP contribution is 2.41. The van der Waals surface area contributed by atoms with E-state index in [1.165, 1.54) is 30.0 Å². The molecule has 0 radical (unpaired) electrons. The van der Waals surface area contributed by atoms with Crippen molar-refractivity contribution < 1.29 is 33.8 Å². The molecule has 0 saturated carbocycles. The van der Waals surface area contributed by atoms with Crippen molar-refractivity contribution in [2.24, 2.45) is 0 Å². The molecule has 0 spiro atoms. The van der Waals surface area contributed by atoms with Crippen LogP contribution in [0, 0.1) is 0 Å². The van der Waals surface area contributed by atoms with Gasteiger partial charge in [0.25, 0.3) is 11.8 Å². The fourth-order valence-corrected chi connectivity index (χ4v) is 6.08. The second-order valence-electron chi connectivity index (χ2n) is 6.16. The smallest absolute Gasteiger partial charge is 0.461 e. The lowest BCUT2D eigenvalue weighted by atomic mass is 10.1. The van der Waals surface area contributed by atoms with E-state index in [0.717, 1.165) is 8.69 Å². The molecule has 2 aliphatic rings. The van der Waals surface area contributed by atoms with Crippen LogP contribution in [0.2, 0.25) is 0 Å². The Kier molecular flexibility index (Phi) is 7.58. The molecule has 14 heteroatoms. The molecule has 1 fully saturated rings. The largest absolute Gasteiger partial charge is 0.512 e. The third-order valence-corrected chi connectivity index (χ3v) is 7.51. The highest BCUT2D eigenvalue weighted by atomic mass is 79.9. The Morgan fingerprint density at radius 3 is 2.61 bits per heavy atom. The van der Waals surface area contributed by atoms with Crippen molar-refractivity contribution in [2.75, 3.05) is 12.4 Å². The van der Waals surface area contributed by atoms with Crippen molar-refractivity contribution in [2.45, 2.75) is 18.3 Å². The summed E-state index contributed by atoms with van der Waals surface area (Å²) in [4.78, 5) is 49.3. The fraction of sp³-hybridized carbons (Fsp3) is 0.294. The summed E-state index contributed by atoms with van der Waals surface area (Å²) in [6, 6.07) is 2.43. The van der Waals surface area contributed by atoms with Crippen LogP contribution in [0.1, 0.15) is 11.8 Å². The maximum Gasteiger partial charge on any atom is 0.512 e. The summed E-state index contributed by atoms with van der Waals surface area (Å²) in [7, 11) is 0. The van der Waals surface area contributed by atoms with Crippen molar-refractivity contribution in [1.29, 1.82) is 0 Å². The number of carbonyl (C=O) groups excluding carboxylic acids is 3. The number of esters is 1. The lowest BCUT2D eigenvalue weighted by Crippen LogP contribution is -2.70. The molecule has 166 valence electrons. The lowest BCUT2D eigenvalue weighted by molar-refractivity contribution is -0.148. The molecule has 1 aromatic rings. The van der Waals surface area contributed by atoms with Crippen LogP contribution in [0.15, 0.2) is 31.9 Å². The second-order valence-corrected chi connectivity index (χ2v) is 10.7. The Bertz CT molecular complexity index is 1020. The first-order valence-corrected chi connectivity index (χ1v) is 11.8. The molecule has 2 aliphatic heterocycles. The number of rotatable bonds is 6.